The van der Waals surface area contributed by atoms with Crippen LogP contribution in [0, 0.1) is 0 Å². The number of aliphatic hydroxyl groups is 1. The summed E-state index contributed by atoms with van der Waals surface area (Å²) in [5, 5.41) is 16.4. The molecule has 21 heavy (non-hydrogen) atoms. The van der Waals surface area contributed by atoms with Gasteiger partial charge in [-0.05, 0) is 41.8 Å². The van der Waals surface area contributed by atoms with E-state index in [0.29, 0.717) is 0 Å². The third-order valence-corrected chi connectivity index (χ3v) is 3.87. The first-order chi connectivity index (χ1) is 10.3. The fourth-order valence-corrected chi connectivity index (χ4v) is 2.61. The Morgan fingerprint density at radius 3 is 2.62 bits per heavy atom. The molecule has 114 valence electrons. The molecular weight excluding hydrogens is 262 g/mol. The summed E-state index contributed by atoms with van der Waals surface area (Å²) in [4.78, 5) is 0. The number of fused-ring (bicyclic) bond motifs is 1. The van der Waals surface area contributed by atoms with Crippen molar-refractivity contribution in [3.05, 3.63) is 48.0 Å². The predicted molar refractivity (Wildman–Crippen MR) is 87.5 cm³/mol. The number of rotatable bonds is 8. The molecule has 0 saturated carbocycles. The molecule has 2 N–H and O–H groups in total. The van der Waals surface area contributed by atoms with Crippen LogP contribution in [0.4, 0.5) is 0 Å². The summed E-state index contributed by atoms with van der Waals surface area (Å²) in [6, 6.07) is 14.5. The Morgan fingerprint density at radius 1 is 1.14 bits per heavy atom. The third-order valence-electron chi connectivity index (χ3n) is 3.87. The highest BCUT2D eigenvalue weighted by Crippen LogP contribution is 2.23. The van der Waals surface area contributed by atoms with E-state index in [2.05, 4.69) is 36.5 Å². The topological polar surface area (TPSA) is 41.5 Å². The average Bonchev–Trinajstić information content (AvgIpc) is 2.54. The molecule has 0 saturated heterocycles. The quantitative estimate of drug-likeness (QED) is 0.732. The van der Waals surface area contributed by atoms with Gasteiger partial charge in [-0.15, -0.1) is 0 Å². The zero-order chi connectivity index (χ0) is 15.1. The van der Waals surface area contributed by atoms with Crippen LogP contribution in [0.25, 0.3) is 10.8 Å². The molecule has 2 rings (SSSR count). The molecule has 0 fully saturated rings. The van der Waals surface area contributed by atoms with E-state index in [1.807, 2.05) is 18.2 Å². The summed E-state index contributed by atoms with van der Waals surface area (Å²) in [6.45, 7) is 3.70. The van der Waals surface area contributed by atoms with Crippen molar-refractivity contribution in [2.24, 2.45) is 0 Å². The molecule has 0 heterocycles. The number of hydrogen-bond acceptors (Lipinski definition) is 3. The van der Waals surface area contributed by atoms with Crippen molar-refractivity contribution in [3.8, 4) is 0 Å². The van der Waals surface area contributed by atoms with E-state index in [9.17, 15) is 5.11 Å². The van der Waals surface area contributed by atoms with E-state index in [0.717, 1.165) is 31.6 Å². The molecule has 0 bridgehead atoms. The highest BCUT2D eigenvalue weighted by Gasteiger charge is 2.18. The first kappa shape index (κ1) is 16.0. The van der Waals surface area contributed by atoms with E-state index in [-0.39, 0.29) is 6.04 Å². The van der Waals surface area contributed by atoms with Crippen LogP contribution in [0.5, 0.6) is 0 Å². The highest BCUT2D eigenvalue weighted by molar-refractivity contribution is 5.83. The normalized spacial score (nSPS) is 14.2. The van der Waals surface area contributed by atoms with Gasteiger partial charge in [0.2, 0.25) is 0 Å². The van der Waals surface area contributed by atoms with Gasteiger partial charge in [0.25, 0.3) is 0 Å². The maximum absolute atomic E-state index is 10.6. The largest absolute Gasteiger partial charge is 0.387 e. The van der Waals surface area contributed by atoms with Gasteiger partial charge in [-0.25, -0.2) is 0 Å². The van der Waals surface area contributed by atoms with Gasteiger partial charge >= 0.3 is 0 Å². The van der Waals surface area contributed by atoms with Gasteiger partial charge in [0.15, 0.2) is 0 Å². The fourth-order valence-electron chi connectivity index (χ4n) is 2.61. The van der Waals surface area contributed by atoms with Crippen LogP contribution in [0.3, 0.4) is 0 Å². The molecule has 2 aromatic carbocycles. The lowest BCUT2D eigenvalue weighted by Crippen LogP contribution is -2.35. The van der Waals surface area contributed by atoms with E-state index >= 15 is 0 Å². The molecule has 0 spiro atoms. The van der Waals surface area contributed by atoms with E-state index in [1.165, 1.54) is 10.8 Å². The third kappa shape index (κ3) is 4.27. The Bertz CT molecular complexity index is 556. The van der Waals surface area contributed by atoms with Gasteiger partial charge in [0.05, 0.1) is 6.10 Å². The maximum Gasteiger partial charge on any atom is 0.0943 e. The predicted octanol–water partition coefficient (Wildman–Crippen LogP) is 3.28. The lowest BCUT2D eigenvalue weighted by molar-refractivity contribution is 0.123. The second-order valence-electron chi connectivity index (χ2n) is 5.37. The van der Waals surface area contributed by atoms with Crippen molar-refractivity contribution in [2.45, 2.75) is 31.9 Å². The van der Waals surface area contributed by atoms with Gasteiger partial charge in [0.1, 0.15) is 0 Å². The maximum atomic E-state index is 10.6. The second kappa shape index (κ2) is 8.13. The molecular formula is C18H25NO2. The minimum absolute atomic E-state index is 0.0722. The average molecular weight is 287 g/mol. The summed E-state index contributed by atoms with van der Waals surface area (Å²) in [6.07, 6.45) is 1.36. The van der Waals surface area contributed by atoms with Crippen molar-refractivity contribution in [1.82, 2.24) is 5.32 Å². The van der Waals surface area contributed by atoms with Gasteiger partial charge in [0, 0.05) is 19.8 Å². The Hall–Kier alpha value is -1.42. The van der Waals surface area contributed by atoms with E-state index in [4.69, 9.17) is 4.74 Å². The first-order valence-electron chi connectivity index (χ1n) is 7.65. The standard InChI is InChI=1S/C18H25NO2/c1-3-17(19-11-6-12-21-2)18(20)16-10-9-14-7-4-5-8-15(14)13-16/h4-5,7-10,13,17-20H,3,6,11-12H2,1-2H3. The molecule has 0 radical (unpaired) electrons. The molecule has 2 unspecified atom stereocenters. The van der Waals surface area contributed by atoms with Gasteiger partial charge in [-0.3, -0.25) is 0 Å². The van der Waals surface area contributed by atoms with Crippen LogP contribution in [-0.2, 0) is 4.74 Å². The fraction of sp³-hybridized carbons (Fsp3) is 0.444. The molecule has 0 aliphatic heterocycles. The Kier molecular flexibility index (Phi) is 6.18. The number of hydrogen-bond donors (Lipinski definition) is 2. The van der Waals surface area contributed by atoms with E-state index < -0.39 is 6.10 Å². The number of aliphatic hydroxyl groups excluding tert-OH is 1. The lowest BCUT2D eigenvalue weighted by Gasteiger charge is -2.23. The number of nitrogens with one attached hydrogen (secondary N) is 1. The first-order valence-corrected chi connectivity index (χ1v) is 7.65. The van der Waals surface area contributed by atoms with E-state index in [1.54, 1.807) is 7.11 Å². The highest BCUT2D eigenvalue weighted by atomic mass is 16.5. The van der Waals surface area contributed by atoms with Crippen LogP contribution in [0.15, 0.2) is 42.5 Å². The zero-order valence-corrected chi connectivity index (χ0v) is 12.9. The lowest BCUT2D eigenvalue weighted by atomic mass is 9.97. The monoisotopic (exact) mass is 287 g/mol. The van der Waals surface area contributed by atoms with Crippen molar-refractivity contribution < 1.29 is 9.84 Å². The molecule has 0 aliphatic rings. The minimum atomic E-state index is -0.484. The van der Waals surface area contributed by atoms with Crippen LogP contribution >= 0.6 is 0 Å². The van der Waals surface area contributed by atoms with Crippen LogP contribution in [0.1, 0.15) is 31.4 Å². The second-order valence-corrected chi connectivity index (χ2v) is 5.37. The Balaban J connectivity index is 2.05. The van der Waals surface area contributed by atoms with Crippen molar-refractivity contribution in [3.63, 3.8) is 0 Å². The summed E-state index contributed by atoms with van der Waals surface area (Å²) in [5.41, 5.74) is 0.972. The zero-order valence-electron chi connectivity index (χ0n) is 12.9. The molecule has 3 nitrogen and oxygen atoms in total. The van der Waals surface area contributed by atoms with Crippen LogP contribution < -0.4 is 5.32 Å². The van der Waals surface area contributed by atoms with Crippen LogP contribution in [0.2, 0.25) is 0 Å². The van der Waals surface area contributed by atoms with Crippen LogP contribution in [-0.4, -0.2) is 31.4 Å². The van der Waals surface area contributed by atoms with Gasteiger partial charge in [-0.2, -0.15) is 0 Å². The van der Waals surface area contributed by atoms with Gasteiger partial charge in [-0.1, -0.05) is 43.3 Å². The smallest absolute Gasteiger partial charge is 0.0943 e. The molecule has 0 aromatic heterocycles. The molecule has 2 atom stereocenters. The summed E-state index contributed by atoms with van der Waals surface area (Å²) < 4.78 is 5.05. The Morgan fingerprint density at radius 2 is 1.90 bits per heavy atom. The molecule has 0 aliphatic carbocycles. The van der Waals surface area contributed by atoms with Gasteiger partial charge < -0.3 is 15.2 Å². The molecule has 0 amide bonds. The molecule has 3 heteroatoms. The van der Waals surface area contributed by atoms with Crippen molar-refractivity contribution in [1.29, 1.82) is 0 Å². The minimum Gasteiger partial charge on any atom is -0.387 e. The SMILES string of the molecule is CCC(NCCCOC)C(O)c1ccc2ccccc2c1. The van der Waals surface area contributed by atoms with Crippen molar-refractivity contribution >= 4 is 10.8 Å². The Labute approximate surface area is 126 Å². The summed E-state index contributed by atoms with van der Waals surface area (Å²) in [5.74, 6) is 0. The summed E-state index contributed by atoms with van der Waals surface area (Å²) in [7, 11) is 1.71. The van der Waals surface area contributed by atoms with Crippen molar-refractivity contribution in [2.75, 3.05) is 20.3 Å². The summed E-state index contributed by atoms with van der Waals surface area (Å²) >= 11 is 0. The number of benzene rings is 2. The number of methoxy groups -OCH3 is 1. The number of ether oxygens (including phenoxy) is 1. The molecule has 2 aromatic rings.